The fourth-order valence-corrected chi connectivity index (χ4v) is 5.64. The highest BCUT2D eigenvalue weighted by atomic mass is 32.1. The molecule has 1 heterocycles. The Hall–Kier alpha value is -0.410. The maximum atomic E-state index is 4.97. The molecule has 3 atom stereocenters. The third-order valence-corrected chi connectivity index (χ3v) is 6.50. The van der Waals surface area contributed by atoms with Gasteiger partial charge in [0.2, 0.25) is 0 Å². The Morgan fingerprint density at radius 3 is 2.71 bits per heavy atom. The number of thiazole rings is 1. The molecule has 3 heteroatoms. The summed E-state index contributed by atoms with van der Waals surface area (Å²) in [7, 11) is 0. The van der Waals surface area contributed by atoms with Crippen LogP contribution in [0.5, 0.6) is 0 Å². The average Bonchev–Trinajstić information content (AvgIpc) is 3.10. The van der Waals surface area contributed by atoms with Crippen molar-refractivity contribution in [2.45, 2.75) is 65.2 Å². The fourth-order valence-electron chi connectivity index (χ4n) is 4.47. The molecule has 2 aliphatic carbocycles. The number of nitrogens with zero attached hydrogens (tertiary/aromatic N) is 1. The van der Waals surface area contributed by atoms with Crippen LogP contribution in [0.4, 0.5) is 0 Å². The van der Waals surface area contributed by atoms with Crippen molar-refractivity contribution in [1.29, 1.82) is 0 Å². The van der Waals surface area contributed by atoms with Gasteiger partial charge in [0.1, 0.15) is 0 Å². The lowest BCUT2D eigenvalue weighted by Crippen LogP contribution is -2.40. The fraction of sp³-hybridized carbons (Fsp3) is 0.833. The van der Waals surface area contributed by atoms with E-state index < -0.39 is 0 Å². The minimum absolute atomic E-state index is 0.179. The SMILES string of the molecule is CCNCC1(Cc2nc(C(C)(C)C)cs2)CC2CCC1C2. The molecule has 118 valence electrons. The standard InChI is InChI=1S/C18H30N2S/c1-5-19-12-18(9-13-6-7-14(18)8-13)10-16-20-15(11-21-16)17(2,3)4/h11,13-14,19H,5-10,12H2,1-4H3. The van der Waals surface area contributed by atoms with E-state index in [2.05, 4.69) is 38.4 Å². The molecule has 1 N–H and O–H groups in total. The number of hydrogen-bond acceptors (Lipinski definition) is 3. The predicted octanol–water partition coefficient (Wildman–Crippen LogP) is 4.40. The Kier molecular flexibility index (Phi) is 4.17. The molecule has 1 aromatic rings. The van der Waals surface area contributed by atoms with Gasteiger partial charge in [0.25, 0.3) is 0 Å². The van der Waals surface area contributed by atoms with Crippen molar-refractivity contribution in [3.8, 4) is 0 Å². The highest BCUT2D eigenvalue weighted by Crippen LogP contribution is 2.57. The molecule has 3 rings (SSSR count). The van der Waals surface area contributed by atoms with Gasteiger partial charge in [0.05, 0.1) is 10.7 Å². The topological polar surface area (TPSA) is 24.9 Å². The monoisotopic (exact) mass is 306 g/mol. The molecule has 2 nitrogen and oxygen atoms in total. The van der Waals surface area contributed by atoms with Gasteiger partial charge in [-0.1, -0.05) is 34.1 Å². The molecule has 1 aromatic heterocycles. The molecule has 2 saturated carbocycles. The van der Waals surface area contributed by atoms with Crippen molar-refractivity contribution in [3.63, 3.8) is 0 Å². The van der Waals surface area contributed by atoms with Crippen LogP contribution in [-0.2, 0) is 11.8 Å². The molecular formula is C18H30N2S. The molecule has 0 aliphatic heterocycles. The molecule has 2 aliphatic rings. The van der Waals surface area contributed by atoms with Gasteiger partial charge in [-0.2, -0.15) is 0 Å². The largest absolute Gasteiger partial charge is 0.316 e. The van der Waals surface area contributed by atoms with Crippen molar-refractivity contribution < 1.29 is 0 Å². The molecule has 0 radical (unpaired) electrons. The average molecular weight is 307 g/mol. The summed E-state index contributed by atoms with van der Waals surface area (Å²) in [4.78, 5) is 4.97. The summed E-state index contributed by atoms with van der Waals surface area (Å²) in [6.07, 6.45) is 7.02. The van der Waals surface area contributed by atoms with E-state index in [1.165, 1.54) is 49.4 Å². The Morgan fingerprint density at radius 2 is 2.19 bits per heavy atom. The Balaban J connectivity index is 1.77. The smallest absolute Gasteiger partial charge is 0.0934 e. The van der Waals surface area contributed by atoms with E-state index in [9.17, 15) is 0 Å². The van der Waals surface area contributed by atoms with Gasteiger partial charge in [-0.25, -0.2) is 4.98 Å². The van der Waals surface area contributed by atoms with E-state index in [1.807, 2.05) is 11.3 Å². The van der Waals surface area contributed by atoms with Crippen LogP contribution in [0.2, 0.25) is 0 Å². The van der Waals surface area contributed by atoms with Crippen LogP contribution in [-0.4, -0.2) is 18.1 Å². The number of rotatable bonds is 5. The van der Waals surface area contributed by atoms with Crippen LogP contribution in [0.25, 0.3) is 0 Å². The Morgan fingerprint density at radius 1 is 1.38 bits per heavy atom. The van der Waals surface area contributed by atoms with Gasteiger partial charge in [-0.05, 0) is 43.1 Å². The summed E-state index contributed by atoms with van der Waals surface area (Å²) < 4.78 is 0. The third kappa shape index (κ3) is 3.05. The first-order valence-corrected chi connectivity index (χ1v) is 9.46. The number of nitrogens with one attached hydrogen (secondary N) is 1. The summed E-state index contributed by atoms with van der Waals surface area (Å²) in [5.74, 6) is 1.93. The maximum absolute atomic E-state index is 4.97. The molecule has 21 heavy (non-hydrogen) atoms. The van der Waals surface area contributed by atoms with Crippen molar-refractivity contribution in [3.05, 3.63) is 16.1 Å². The maximum Gasteiger partial charge on any atom is 0.0934 e. The van der Waals surface area contributed by atoms with Crippen LogP contribution in [0.15, 0.2) is 5.38 Å². The van der Waals surface area contributed by atoms with Crippen molar-refractivity contribution >= 4 is 11.3 Å². The summed E-state index contributed by atoms with van der Waals surface area (Å²) >= 11 is 1.88. The van der Waals surface area contributed by atoms with Crippen LogP contribution in [0, 0.1) is 17.3 Å². The van der Waals surface area contributed by atoms with E-state index in [0.717, 1.165) is 18.4 Å². The predicted molar refractivity (Wildman–Crippen MR) is 90.9 cm³/mol. The first kappa shape index (κ1) is 15.5. The minimum Gasteiger partial charge on any atom is -0.316 e. The van der Waals surface area contributed by atoms with Crippen LogP contribution in [0.3, 0.4) is 0 Å². The first-order valence-electron chi connectivity index (χ1n) is 8.58. The van der Waals surface area contributed by atoms with Gasteiger partial charge >= 0.3 is 0 Å². The molecular weight excluding hydrogens is 276 g/mol. The summed E-state index contributed by atoms with van der Waals surface area (Å²) in [5, 5.41) is 7.30. The van der Waals surface area contributed by atoms with Gasteiger partial charge in [-0.15, -0.1) is 11.3 Å². The summed E-state index contributed by atoms with van der Waals surface area (Å²) in [5.41, 5.74) is 1.94. The van der Waals surface area contributed by atoms with E-state index in [0.29, 0.717) is 5.41 Å². The normalized spacial score (nSPS) is 32.0. The van der Waals surface area contributed by atoms with Crippen molar-refractivity contribution in [2.75, 3.05) is 13.1 Å². The quantitative estimate of drug-likeness (QED) is 0.872. The van der Waals surface area contributed by atoms with Crippen LogP contribution < -0.4 is 5.32 Å². The van der Waals surface area contributed by atoms with E-state index in [4.69, 9.17) is 4.98 Å². The molecule has 3 unspecified atom stereocenters. The summed E-state index contributed by atoms with van der Waals surface area (Å²) in [6, 6.07) is 0. The molecule has 2 bridgehead atoms. The van der Waals surface area contributed by atoms with E-state index >= 15 is 0 Å². The van der Waals surface area contributed by atoms with Crippen LogP contribution >= 0.6 is 11.3 Å². The van der Waals surface area contributed by atoms with Gasteiger partial charge in [0, 0.05) is 23.8 Å². The zero-order valence-electron chi connectivity index (χ0n) is 14.0. The first-order chi connectivity index (χ1) is 9.93. The highest BCUT2D eigenvalue weighted by molar-refractivity contribution is 7.09. The zero-order chi connectivity index (χ0) is 15.1. The lowest BCUT2D eigenvalue weighted by Gasteiger charge is -2.37. The second kappa shape index (κ2) is 5.66. The molecule has 0 amide bonds. The Bertz CT molecular complexity index is 488. The zero-order valence-corrected chi connectivity index (χ0v) is 14.9. The lowest BCUT2D eigenvalue weighted by atomic mass is 9.71. The van der Waals surface area contributed by atoms with Gasteiger partial charge in [0.15, 0.2) is 0 Å². The minimum atomic E-state index is 0.179. The van der Waals surface area contributed by atoms with E-state index in [-0.39, 0.29) is 5.41 Å². The van der Waals surface area contributed by atoms with Crippen molar-refractivity contribution in [2.24, 2.45) is 17.3 Å². The molecule has 0 saturated heterocycles. The Labute approximate surface area is 133 Å². The number of hydrogen-bond donors (Lipinski definition) is 1. The van der Waals surface area contributed by atoms with Crippen molar-refractivity contribution in [1.82, 2.24) is 10.3 Å². The summed E-state index contributed by atoms with van der Waals surface area (Å²) in [6.45, 7) is 11.3. The second-order valence-electron chi connectivity index (χ2n) is 8.28. The van der Waals surface area contributed by atoms with Crippen LogP contribution in [0.1, 0.15) is 64.1 Å². The molecule has 0 aromatic carbocycles. The van der Waals surface area contributed by atoms with E-state index in [1.54, 1.807) is 0 Å². The molecule has 0 spiro atoms. The molecule has 2 fully saturated rings. The van der Waals surface area contributed by atoms with Gasteiger partial charge < -0.3 is 5.32 Å². The second-order valence-corrected chi connectivity index (χ2v) is 9.22. The third-order valence-electron chi connectivity index (χ3n) is 5.65. The number of fused-ring (bicyclic) bond motifs is 2. The van der Waals surface area contributed by atoms with Gasteiger partial charge in [-0.3, -0.25) is 0 Å². The number of aromatic nitrogens is 1. The highest BCUT2D eigenvalue weighted by Gasteiger charge is 2.50. The lowest BCUT2D eigenvalue weighted by molar-refractivity contribution is 0.157.